The molecule has 0 aromatic heterocycles. The number of ether oxygens (including phenoxy) is 2. The van der Waals surface area contributed by atoms with E-state index in [2.05, 4.69) is 32.2 Å². The van der Waals surface area contributed by atoms with Gasteiger partial charge in [0.15, 0.2) is 6.10 Å². The van der Waals surface area contributed by atoms with Gasteiger partial charge in [0.1, 0.15) is 17.1 Å². The van der Waals surface area contributed by atoms with Crippen LogP contribution in [-0.2, 0) is 11.2 Å². The maximum Gasteiger partial charge on any atom is 0.261 e. The van der Waals surface area contributed by atoms with Crippen molar-refractivity contribution in [3.8, 4) is 11.5 Å². The van der Waals surface area contributed by atoms with Gasteiger partial charge in [-0.2, -0.15) is 0 Å². The molecule has 1 N–H and O–H groups in total. The van der Waals surface area contributed by atoms with Gasteiger partial charge in [-0.15, -0.1) is 0 Å². The van der Waals surface area contributed by atoms with E-state index in [1.165, 1.54) is 0 Å². The lowest BCUT2D eigenvalue weighted by Gasteiger charge is -2.38. The van der Waals surface area contributed by atoms with E-state index in [9.17, 15) is 4.79 Å². The van der Waals surface area contributed by atoms with Crippen LogP contribution < -0.4 is 14.8 Å². The molecule has 2 aromatic carbocycles. The number of carbonyl (C=O) groups excluding carboxylic acids is 1. The molecule has 1 aliphatic heterocycles. The minimum atomic E-state index is -0.572. The lowest BCUT2D eigenvalue weighted by molar-refractivity contribution is -0.128. The average Bonchev–Trinajstić information content (AvgIpc) is 2.60. The number of hydrogen-bond acceptors (Lipinski definition) is 3. The Bertz CT molecular complexity index is 828. The number of aryl methyl sites for hydroxylation is 2. The van der Waals surface area contributed by atoms with Crippen molar-refractivity contribution >= 4 is 5.91 Å². The molecule has 0 aliphatic carbocycles. The van der Waals surface area contributed by atoms with Gasteiger partial charge in [-0.25, -0.2) is 0 Å². The smallest absolute Gasteiger partial charge is 0.261 e. The van der Waals surface area contributed by atoms with E-state index in [0.29, 0.717) is 6.42 Å². The minimum Gasteiger partial charge on any atom is -0.487 e. The first-order valence-corrected chi connectivity index (χ1v) is 9.63. The number of rotatable bonds is 5. The maximum atomic E-state index is 12.8. The van der Waals surface area contributed by atoms with E-state index in [1.54, 1.807) is 6.92 Å². The molecule has 0 saturated carbocycles. The Morgan fingerprint density at radius 1 is 1.30 bits per heavy atom. The van der Waals surface area contributed by atoms with Crippen LogP contribution in [0.3, 0.4) is 0 Å². The van der Waals surface area contributed by atoms with Crippen molar-refractivity contribution in [2.24, 2.45) is 0 Å². The van der Waals surface area contributed by atoms with E-state index < -0.39 is 6.10 Å². The molecule has 0 unspecified atom stereocenters. The van der Waals surface area contributed by atoms with Crippen LogP contribution in [0.15, 0.2) is 42.5 Å². The number of carbonyl (C=O) groups is 1. The van der Waals surface area contributed by atoms with Crippen molar-refractivity contribution < 1.29 is 14.3 Å². The first-order chi connectivity index (χ1) is 12.8. The highest BCUT2D eigenvalue weighted by Crippen LogP contribution is 2.40. The molecule has 0 radical (unpaired) electrons. The van der Waals surface area contributed by atoms with Gasteiger partial charge in [-0.3, -0.25) is 4.79 Å². The van der Waals surface area contributed by atoms with Crippen molar-refractivity contribution in [3.63, 3.8) is 0 Å². The Hall–Kier alpha value is -2.49. The number of hydrogen-bond donors (Lipinski definition) is 1. The third kappa shape index (κ3) is 4.44. The van der Waals surface area contributed by atoms with Gasteiger partial charge in [0.2, 0.25) is 0 Å². The summed E-state index contributed by atoms with van der Waals surface area (Å²) in [4.78, 5) is 12.8. The molecule has 27 heavy (non-hydrogen) atoms. The highest BCUT2D eigenvalue weighted by atomic mass is 16.5. The van der Waals surface area contributed by atoms with Gasteiger partial charge in [-0.1, -0.05) is 37.3 Å². The molecule has 2 aromatic rings. The summed E-state index contributed by atoms with van der Waals surface area (Å²) < 4.78 is 12.1. The van der Waals surface area contributed by atoms with E-state index in [-0.39, 0.29) is 17.6 Å². The van der Waals surface area contributed by atoms with Crippen molar-refractivity contribution in [2.75, 3.05) is 0 Å². The quantitative estimate of drug-likeness (QED) is 0.830. The number of para-hydroxylation sites is 1. The van der Waals surface area contributed by atoms with Crippen LogP contribution in [-0.4, -0.2) is 17.6 Å². The van der Waals surface area contributed by atoms with Crippen LogP contribution in [0.2, 0.25) is 0 Å². The predicted octanol–water partition coefficient (Wildman–Crippen LogP) is 4.74. The van der Waals surface area contributed by atoms with Crippen LogP contribution in [0, 0.1) is 6.92 Å². The van der Waals surface area contributed by atoms with Crippen LogP contribution >= 0.6 is 0 Å². The summed E-state index contributed by atoms with van der Waals surface area (Å²) in [5, 5.41) is 3.16. The fraction of sp³-hybridized carbons (Fsp3) is 0.435. The van der Waals surface area contributed by atoms with Crippen LogP contribution in [0.1, 0.15) is 56.8 Å². The standard InChI is InChI=1S/C23H29NO3/c1-6-17-9-7-8-10-20(17)26-16(3)22(25)24-19-14-23(4,5)27-21-13-15(2)11-12-18(19)21/h7-13,16,19H,6,14H2,1-5H3,(H,24,25)/t16-,19-/m1/s1. The third-order valence-electron chi connectivity index (χ3n) is 4.97. The maximum absolute atomic E-state index is 12.8. The van der Waals surface area contributed by atoms with Crippen molar-refractivity contribution in [1.29, 1.82) is 0 Å². The van der Waals surface area contributed by atoms with Gasteiger partial charge in [0, 0.05) is 12.0 Å². The summed E-state index contributed by atoms with van der Waals surface area (Å²) in [5.74, 6) is 1.50. The highest BCUT2D eigenvalue weighted by Gasteiger charge is 2.35. The second kappa shape index (κ2) is 7.63. The van der Waals surface area contributed by atoms with Crippen LogP contribution in [0.25, 0.3) is 0 Å². The predicted molar refractivity (Wildman–Crippen MR) is 107 cm³/mol. The first kappa shape index (κ1) is 19.3. The zero-order valence-corrected chi connectivity index (χ0v) is 16.8. The van der Waals surface area contributed by atoms with Crippen molar-refractivity contribution in [2.45, 2.75) is 65.2 Å². The molecule has 0 bridgehead atoms. The van der Waals surface area contributed by atoms with E-state index >= 15 is 0 Å². The highest BCUT2D eigenvalue weighted by molar-refractivity contribution is 5.81. The lowest BCUT2D eigenvalue weighted by atomic mass is 9.89. The van der Waals surface area contributed by atoms with Crippen molar-refractivity contribution in [1.82, 2.24) is 5.32 Å². The molecule has 0 saturated heterocycles. The first-order valence-electron chi connectivity index (χ1n) is 9.63. The Morgan fingerprint density at radius 2 is 2.04 bits per heavy atom. The van der Waals surface area contributed by atoms with Gasteiger partial charge >= 0.3 is 0 Å². The summed E-state index contributed by atoms with van der Waals surface area (Å²) >= 11 is 0. The fourth-order valence-electron chi connectivity index (χ4n) is 3.53. The molecule has 1 heterocycles. The largest absolute Gasteiger partial charge is 0.487 e. The molecule has 1 aliphatic rings. The monoisotopic (exact) mass is 367 g/mol. The topological polar surface area (TPSA) is 47.6 Å². The molecule has 4 heteroatoms. The van der Waals surface area contributed by atoms with Gasteiger partial charge in [0.05, 0.1) is 6.04 Å². The van der Waals surface area contributed by atoms with E-state index in [4.69, 9.17) is 9.47 Å². The average molecular weight is 367 g/mol. The number of benzene rings is 2. The number of amides is 1. The Morgan fingerprint density at radius 3 is 2.78 bits per heavy atom. The molecule has 2 atom stereocenters. The molecule has 3 rings (SSSR count). The Balaban J connectivity index is 1.75. The molecular weight excluding hydrogens is 338 g/mol. The minimum absolute atomic E-state index is 0.0932. The summed E-state index contributed by atoms with van der Waals surface area (Å²) in [5.41, 5.74) is 2.93. The Labute approximate surface area is 161 Å². The normalized spacial score (nSPS) is 18.8. The zero-order valence-electron chi connectivity index (χ0n) is 16.8. The van der Waals surface area contributed by atoms with Gasteiger partial charge in [0.25, 0.3) is 5.91 Å². The molecule has 1 amide bonds. The lowest BCUT2D eigenvalue weighted by Crippen LogP contribution is -2.44. The van der Waals surface area contributed by atoms with E-state index in [1.807, 2.05) is 43.3 Å². The number of fused-ring (bicyclic) bond motifs is 1. The van der Waals surface area contributed by atoms with Crippen LogP contribution in [0.5, 0.6) is 11.5 Å². The summed E-state index contributed by atoms with van der Waals surface area (Å²) in [6, 6.07) is 13.9. The number of nitrogens with one attached hydrogen (secondary N) is 1. The molecule has 4 nitrogen and oxygen atoms in total. The zero-order chi connectivity index (χ0) is 19.6. The fourth-order valence-corrected chi connectivity index (χ4v) is 3.53. The van der Waals surface area contributed by atoms with E-state index in [0.717, 1.165) is 34.6 Å². The van der Waals surface area contributed by atoms with Gasteiger partial charge in [-0.05, 0) is 57.4 Å². The van der Waals surface area contributed by atoms with Crippen molar-refractivity contribution in [3.05, 3.63) is 59.2 Å². The molecule has 144 valence electrons. The third-order valence-corrected chi connectivity index (χ3v) is 4.97. The van der Waals surface area contributed by atoms with Gasteiger partial charge < -0.3 is 14.8 Å². The molecular formula is C23H29NO3. The molecule has 0 fully saturated rings. The second-order valence-electron chi connectivity index (χ2n) is 7.89. The SMILES string of the molecule is CCc1ccccc1O[C@H](C)C(=O)N[C@@H]1CC(C)(C)Oc2cc(C)ccc21. The summed E-state index contributed by atoms with van der Waals surface area (Å²) in [6.07, 6.45) is 1.01. The Kier molecular flexibility index (Phi) is 5.45. The summed E-state index contributed by atoms with van der Waals surface area (Å²) in [7, 11) is 0. The molecule has 0 spiro atoms. The second-order valence-corrected chi connectivity index (χ2v) is 7.89. The van der Waals surface area contributed by atoms with Crippen LogP contribution in [0.4, 0.5) is 0 Å². The summed E-state index contributed by atoms with van der Waals surface area (Å²) in [6.45, 7) is 10.0.